The van der Waals surface area contributed by atoms with Crippen molar-refractivity contribution in [2.24, 2.45) is 14.1 Å². The number of aromatic nitrogens is 4. The highest BCUT2D eigenvalue weighted by Crippen LogP contribution is 2.22. The van der Waals surface area contributed by atoms with Crippen molar-refractivity contribution in [2.45, 2.75) is 26.3 Å². The molecule has 0 radical (unpaired) electrons. The summed E-state index contributed by atoms with van der Waals surface area (Å²) in [5, 5.41) is 2.98. The van der Waals surface area contributed by atoms with Crippen LogP contribution in [0.3, 0.4) is 0 Å². The van der Waals surface area contributed by atoms with Crippen molar-refractivity contribution in [3.63, 3.8) is 0 Å². The standard InChI is InChI=1S/C12H19N5O2/c1-6-7(2)17-9-8(14-11(17)13-3)10(18)16(5)12(19)15(9)4/h7H,6H2,1-5H3,(H,13,14). The van der Waals surface area contributed by atoms with Crippen molar-refractivity contribution in [2.75, 3.05) is 12.4 Å². The SMILES string of the molecule is CCC(C)n1c(NC)nc2c(=O)n(C)c(=O)n(C)c21. The van der Waals surface area contributed by atoms with Gasteiger partial charge in [-0.2, -0.15) is 0 Å². The molecule has 0 spiro atoms. The van der Waals surface area contributed by atoms with Crippen molar-refractivity contribution < 1.29 is 0 Å². The topological polar surface area (TPSA) is 73.8 Å². The third kappa shape index (κ3) is 1.76. The maximum absolute atomic E-state index is 12.1. The van der Waals surface area contributed by atoms with Gasteiger partial charge >= 0.3 is 5.69 Å². The number of hydrogen-bond acceptors (Lipinski definition) is 4. The van der Waals surface area contributed by atoms with Crippen molar-refractivity contribution in [3.8, 4) is 0 Å². The van der Waals surface area contributed by atoms with E-state index in [9.17, 15) is 9.59 Å². The predicted octanol–water partition coefficient (Wildman–Crippen LogP) is 0.446. The molecule has 0 amide bonds. The molecule has 0 saturated heterocycles. The van der Waals surface area contributed by atoms with Gasteiger partial charge in [-0.05, 0) is 13.3 Å². The molecule has 1 atom stereocenters. The molecular weight excluding hydrogens is 246 g/mol. The zero-order valence-electron chi connectivity index (χ0n) is 11.9. The van der Waals surface area contributed by atoms with E-state index in [1.54, 1.807) is 14.1 Å². The van der Waals surface area contributed by atoms with Crippen LogP contribution in [0.15, 0.2) is 9.59 Å². The summed E-state index contributed by atoms with van der Waals surface area (Å²) >= 11 is 0. The van der Waals surface area contributed by atoms with Gasteiger partial charge < -0.3 is 5.32 Å². The van der Waals surface area contributed by atoms with E-state index < -0.39 is 0 Å². The number of rotatable bonds is 3. The van der Waals surface area contributed by atoms with Gasteiger partial charge in [-0.25, -0.2) is 9.78 Å². The van der Waals surface area contributed by atoms with Crippen LogP contribution in [-0.4, -0.2) is 25.7 Å². The quantitative estimate of drug-likeness (QED) is 0.874. The molecule has 2 aromatic rings. The fourth-order valence-electron chi connectivity index (χ4n) is 2.23. The summed E-state index contributed by atoms with van der Waals surface area (Å²) in [5.41, 5.74) is 0.169. The van der Waals surface area contributed by atoms with E-state index in [4.69, 9.17) is 0 Å². The summed E-state index contributed by atoms with van der Waals surface area (Å²) < 4.78 is 4.45. The van der Waals surface area contributed by atoms with E-state index in [2.05, 4.69) is 17.2 Å². The predicted molar refractivity (Wildman–Crippen MR) is 74.8 cm³/mol. The Labute approximate surface area is 110 Å². The van der Waals surface area contributed by atoms with Crippen LogP contribution >= 0.6 is 0 Å². The van der Waals surface area contributed by atoms with Gasteiger partial charge in [0.2, 0.25) is 5.95 Å². The molecule has 0 bridgehead atoms. The fraction of sp³-hybridized carbons (Fsp3) is 0.583. The largest absolute Gasteiger partial charge is 0.359 e. The maximum Gasteiger partial charge on any atom is 0.332 e. The lowest BCUT2D eigenvalue weighted by Crippen LogP contribution is -2.37. The Kier molecular flexibility index (Phi) is 3.21. The number of anilines is 1. The van der Waals surface area contributed by atoms with Crippen molar-refractivity contribution in [3.05, 3.63) is 20.8 Å². The molecule has 0 aliphatic rings. The Bertz CT molecular complexity index is 737. The van der Waals surface area contributed by atoms with Crippen LogP contribution in [0.1, 0.15) is 26.3 Å². The van der Waals surface area contributed by atoms with Crippen molar-refractivity contribution in [1.29, 1.82) is 0 Å². The molecule has 104 valence electrons. The Morgan fingerprint density at radius 1 is 1.26 bits per heavy atom. The van der Waals surface area contributed by atoms with Crippen LogP contribution in [0.25, 0.3) is 11.2 Å². The molecule has 1 unspecified atom stereocenters. The number of aryl methyl sites for hydroxylation is 1. The van der Waals surface area contributed by atoms with Crippen LogP contribution in [0.5, 0.6) is 0 Å². The Morgan fingerprint density at radius 2 is 1.89 bits per heavy atom. The average molecular weight is 265 g/mol. The first-order chi connectivity index (χ1) is 8.93. The minimum absolute atomic E-state index is 0.144. The number of nitrogens with one attached hydrogen (secondary N) is 1. The Hall–Kier alpha value is -2.05. The minimum Gasteiger partial charge on any atom is -0.359 e. The van der Waals surface area contributed by atoms with E-state index >= 15 is 0 Å². The summed E-state index contributed by atoms with van der Waals surface area (Å²) in [6, 6.07) is 0.144. The number of nitrogens with zero attached hydrogens (tertiary/aromatic N) is 4. The molecule has 19 heavy (non-hydrogen) atoms. The number of imidazole rings is 1. The molecule has 0 aromatic carbocycles. The van der Waals surface area contributed by atoms with Gasteiger partial charge in [0.1, 0.15) is 0 Å². The van der Waals surface area contributed by atoms with E-state index in [0.717, 1.165) is 11.0 Å². The third-order valence-electron chi connectivity index (χ3n) is 3.54. The van der Waals surface area contributed by atoms with Gasteiger partial charge in [-0.3, -0.25) is 18.5 Å². The lowest BCUT2D eigenvalue weighted by Gasteiger charge is -2.16. The number of fused-ring (bicyclic) bond motifs is 1. The zero-order chi connectivity index (χ0) is 14.3. The molecule has 2 aromatic heterocycles. The first kappa shape index (κ1) is 13.4. The highest BCUT2D eigenvalue weighted by atomic mass is 16.2. The maximum atomic E-state index is 12.1. The summed E-state index contributed by atoms with van der Waals surface area (Å²) in [7, 11) is 4.87. The highest BCUT2D eigenvalue weighted by Gasteiger charge is 2.20. The molecule has 0 fully saturated rings. The second kappa shape index (κ2) is 4.56. The minimum atomic E-state index is -0.364. The van der Waals surface area contributed by atoms with Crippen LogP contribution in [-0.2, 0) is 14.1 Å². The fourth-order valence-corrected chi connectivity index (χ4v) is 2.23. The second-order valence-electron chi connectivity index (χ2n) is 4.69. The average Bonchev–Trinajstić information content (AvgIpc) is 2.81. The van der Waals surface area contributed by atoms with Crippen LogP contribution < -0.4 is 16.6 Å². The van der Waals surface area contributed by atoms with E-state index in [1.165, 1.54) is 11.6 Å². The monoisotopic (exact) mass is 265 g/mol. The molecule has 0 aliphatic carbocycles. The van der Waals surface area contributed by atoms with Crippen molar-refractivity contribution in [1.82, 2.24) is 18.7 Å². The lowest BCUT2D eigenvalue weighted by atomic mass is 10.2. The van der Waals surface area contributed by atoms with Crippen LogP contribution in [0.4, 0.5) is 5.95 Å². The van der Waals surface area contributed by atoms with E-state index in [0.29, 0.717) is 17.1 Å². The summed E-state index contributed by atoms with van der Waals surface area (Å²) in [6.07, 6.45) is 0.879. The third-order valence-corrected chi connectivity index (χ3v) is 3.54. The molecule has 7 nitrogen and oxygen atoms in total. The van der Waals surface area contributed by atoms with E-state index in [-0.39, 0.29) is 17.3 Å². The molecule has 2 heterocycles. The van der Waals surface area contributed by atoms with Crippen LogP contribution in [0.2, 0.25) is 0 Å². The van der Waals surface area contributed by atoms with Gasteiger partial charge in [0.15, 0.2) is 11.2 Å². The second-order valence-corrected chi connectivity index (χ2v) is 4.69. The molecular formula is C12H19N5O2. The van der Waals surface area contributed by atoms with Crippen molar-refractivity contribution >= 4 is 17.1 Å². The van der Waals surface area contributed by atoms with E-state index in [1.807, 2.05) is 11.5 Å². The van der Waals surface area contributed by atoms with Gasteiger partial charge in [0, 0.05) is 27.2 Å². The van der Waals surface area contributed by atoms with Gasteiger partial charge in [0.05, 0.1) is 0 Å². The molecule has 7 heteroatoms. The lowest BCUT2D eigenvalue weighted by molar-refractivity contribution is 0.537. The molecule has 2 rings (SSSR count). The smallest absolute Gasteiger partial charge is 0.332 e. The Balaban J connectivity index is 3.03. The Morgan fingerprint density at radius 3 is 2.42 bits per heavy atom. The zero-order valence-corrected chi connectivity index (χ0v) is 11.9. The molecule has 0 aliphatic heterocycles. The van der Waals surface area contributed by atoms with Crippen LogP contribution in [0, 0.1) is 0 Å². The summed E-state index contributed by atoms with van der Waals surface area (Å²) in [5.74, 6) is 0.600. The highest BCUT2D eigenvalue weighted by molar-refractivity contribution is 5.74. The first-order valence-corrected chi connectivity index (χ1v) is 6.29. The normalized spacial score (nSPS) is 12.9. The summed E-state index contributed by atoms with van der Waals surface area (Å²) in [6.45, 7) is 4.08. The number of hydrogen-bond donors (Lipinski definition) is 1. The van der Waals surface area contributed by atoms with Gasteiger partial charge in [-0.15, -0.1) is 0 Å². The van der Waals surface area contributed by atoms with Gasteiger partial charge in [0.25, 0.3) is 5.56 Å². The first-order valence-electron chi connectivity index (χ1n) is 6.29. The summed E-state index contributed by atoms with van der Waals surface area (Å²) in [4.78, 5) is 28.5. The molecule has 0 saturated carbocycles. The van der Waals surface area contributed by atoms with Gasteiger partial charge in [-0.1, -0.05) is 6.92 Å². The molecule has 1 N–H and O–H groups in total.